The van der Waals surface area contributed by atoms with Crippen molar-refractivity contribution in [1.82, 2.24) is 4.98 Å². The van der Waals surface area contributed by atoms with Gasteiger partial charge in [0.15, 0.2) is 0 Å². The van der Waals surface area contributed by atoms with Crippen LogP contribution < -0.4 is 11.5 Å². The lowest BCUT2D eigenvalue weighted by atomic mass is 10.3. The van der Waals surface area contributed by atoms with E-state index in [1.165, 1.54) is 18.3 Å². The number of nitrogens with zero attached hydrogens (tertiary/aromatic N) is 1. The molecule has 2 aromatic rings. The number of hydrogen-bond donors (Lipinski definition) is 2. The molecule has 0 saturated carbocycles. The summed E-state index contributed by atoms with van der Waals surface area (Å²) in [5.74, 6) is -2.35. The molecule has 1 aromatic heterocycles. The molecule has 2 rings (SSSR count). The number of carbonyl (C=O) groups excluding carboxylic acids is 1. The smallest absolute Gasteiger partial charge is 0.251 e. The highest BCUT2D eigenvalue weighted by Gasteiger charge is 2.16. The molecule has 1 aromatic carbocycles. The highest BCUT2D eigenvalue weighted by molar-refractivity contribution is 7.99. The Morgan fingerprint density at radius 1 is 1.26 bits per heavy atom. The van der Waals surface area contributed by atoms with Gasteiger partial charge < -0.3 is 11.5 Å². The maximum atomic E-state index is 13.6. The van der Waals surface area contributed by atoms with E-state index in [1.807, 2.05) is 0 Å². The van der Waals surface area contributed by atoms with Crippen LogP contribution in [0.25, 0.3) is 0 Å². The minimum absolute atomic E-state index is 0.0181. The third-order valence-electron chi connectivity index (χ3n) is 2.26. The number of aromatic nitrogens is 1. The average molecular weight is 281 g/mol. The summed E-state index contributed by atoms with van der Waals surface area (Å²) in [4.78, 5) is 14.8. The Morgan fingerprint density at radius 3 is 2.47 bits per heavy atom. The molecular formula is C12H9F2N3OS. The lowest BCUT2D eigenvalue weighted by Gasteiger charge is -2.07. The predicted octanol–water partition coefficient (Wildman–Crippen LogP) is 2.19. The van der Waals surface area contributed by atoms with Crippen molar-refractivity contribution in [2.45, 2.75) is 9.92 Å². The van der Waals surface area contributed by atoms with Crippen LogP contribution in [0.3, 0.4) is 0 Å². The number of anilines is 1. The lowest BCUT2D eigenvalue weighted by Crippen LogP contribution is -2.12. The number of benzene rings is 1. The van der Waals surface area contributed by atoms with Gasteiger partial charge in [0.1, 0.15) is 16.7 Å². The molecule has 0 unspecified atom stereocenters. The van der Waals surface area contributed by atoms with E-state index < -0.39 is 17.5 Å². The number of nitrogens with two attached hydrogens (primary N) is 2. The number of carbonyl (C=O) groups is 1. The summed E-state index contributed by atoms with van der Waals surface area (Å²) in [5, 5.41) is 0.137. The minimum atomic E-state index is -0.816. The summed E-state index contributed by atoms with van der Waals surface area (Å²) >= 11 is 0.687. The van der Waals surface area contributed by atoms with Crippen molar-refractivity contribution in [3.63, 3.8) is 0 Å². The normalized spacial score (nSPS) is 10.4. The Labute approximate surface area is 111 Å². The molecule has 7 heteroatoms. The summed E-state index contributed by atoms with van der Waals surface area (Å²) < 4.78 is 27.3. The maximum Gasteiger partial charge on any atom is 0.251 e. The molecule has 0 atom stereocenters. The van der Waals surface area contributed by atoms with Gasteiger partial charge in [-0.2, -0.15) is 0 Å². The van der Waals surface area contributed by atoms with Crippen molar-refractivity contribution in [3.05, 3.63) is 47.7 Å². The second-order valence-corrected chi connectivity index (χ2v) is 4.64. The van der Waals surface area contributed by atoms with Gasteiger partial charge in [0, 0.05) is 11.9 Å². The topological polar surface area (TPSA) is 82.0 Å². The fourth-order valence-electron chi connectivity index (χ4n) is 1.43. The van der Waals surface area contributed by atoms with Gasteiger partial charge in [0.05, 0.1) is 10.5 Å². The molecule has 19 heavy (non-hydrogen) atoms. The molecule has 98 valence electrons. The predicted molar refractivity (Wildman–Crippen MR) is 67.6 cm³/mol. The van der Waals surface area contributed by atoms with E-state index in [9.17, 15) is 13.6 Å². The molecule has 1 heterocycles. The SMILES string of the molecule is NC(=O)c1cccnc1Sc1c(F)cc(N)cc1F. The zero-order valence-electron chi connectivity index (χ0n) is 9.56. The molecule has 0 radical (unpaired) electrons. The van der Waals surface area contributed by atoms with Crippen molar-refractivity contribution in [3.8, 4) is 0 Å². The second-order valence-electron chi connectivity index (χ2n) is 3.64. The summed E-state index contributed by atoms with van der Waals surface area (Å²) in [6.45, 7) is 0. The van der Waals surface area contributed by atoms with Gasteiger partial charge >= 0.3 is 0 Å². The molecule has 0 spiro atoms. The Bertz CT molecular complexity index is 626. The van der Waals surface area contributed by atoms with Gasteiger partial charge in [-0.1, -0.05) is 11.8 Å². The Morgan fingerprint density at radius 2 is 1.89 bits per heavy atom. The maximum absolute atomic E-state index is 13.6. The third kappa shape index (κ3) is 2.82. The number of hydrogen-bond acceptors (Lipinski definition) is 4. The highest BCUT2D eigenvalue weighted by Crippen LogP contribution is 2.33. The van der Waals surface area contributed by atoms with Gasteiger partial charge in [0.2, 0.25) is 0 Å². The first-order valence-corrected chi connectivity index (χ1v) is 5.98. The Hall–Kier alpha value is -2.15. The van der Waals surface area contributed by atoms with Crippen LogP contribution in [0, 0.1) is 11.6 Å². The van der Waals surface area contributed by atoms with Crippen LogP contribution in [0.5, 0.6) is 0 Å². The second kappa shape index (κ2) is 5.23. The van der Waals surface area contributed by atoms with Crippen LogP contribution in [-0.2, 0) is 0 Å². The van der Waals surface area contributed by atoms with E-state index in [0.29, 0.717) is 11.8 Å². The monoisotopic (exact) mass is 281 g/mol. The van der Waals surface area contributed by atoms with Gasteiger partial charge in [-0.3, -0.25) is 4.79 Å². The third-order valence-corrected chi connectivity index (χ3v) is 3.37. The van der Waals surface area contributed by atoms with Crippen LogP contribution in [0.1, 0.15) is 10.4 Å². The van der Waals surface area contributed by atoms with Crippen molar-refractivity contribution in [1.29, 1.82) is 0 Å². The number of primary amides is 1. The van der Waals surface area contributed by atoms with Gasteiger partial charge in [-0.25, -0.2) is 13.8 Å². The van der Waals surface area contributed by atoms with Gasteiger partial charge in [-0.05, 0) is 24.3 Å². The molecular weight excluding hydrogens is 272 g/mol. The van der Waals surface area contributed by atoms with Crippen LogP contribution in [0.2, 0.25) is 0 Å². The molecule has 0 fully saturated rings. The number of amides is 1. The molecule has 4 nitrogen and oxygen atoms in total. The van der Waals surface area contributed by atoms with E-state index in [1.54, 1.807) is 0 Å². The summed E-state index contributed by atoms with van der Waals surface area (Å²) in [6.07, 6.45) is 1.40. The number of halogens is 2. The van der Waals surface area contributed by atoms with Crippen LogP contribution in [-0.4, -0.2) is 10.9 Å². The van der Waals surface area contributed by atoms with E-state index in [0.717, 1.165) is 12.1 Å². The minimum Gasteiger partial charge on any atom is -0.399 e. The number of nitrogen functional groups attached to an aromatic ring is 1. The van der Waals surface area contributed by atoms with Crippen LogP contribution >= 0.6 is 11.8 Å². The molecule has 0 aliphatic carbocycles. The van der Waals surface area contributed by atoms with Crippen molar-refractivity contribution >= 4 is 23.4 Å². The average Bonchev–Trinajstić information content (AvgIpc) is 2.34. The largest absolute Gasteiger partial charge is 0.399 e. The fraction of sp³-hybridized carbons (Fsp3) is 0. The Balaban J connectivity index is 2.45. The van der Waals surface area contributed by atoms with Crippen molar-refractivity contribution in [2.75, 3.05) is 5.73 Å². The van der Waals surface area contributed by atoms with Gasteiger partial charge in [-0.15, -0.1) is 0 Å². The van der Waals surface area contributed by atoms with Crippen molar-refractivity contribution < 1.29 is 13.6 Å². The number of pyridine rings is 1. The Kier molecular flexibility index (Phi) is 3.66. The molecule has 0 aliphatic heterocycles. The first-order valence-electron chi connectivity index (χ1n) is 5.16. The molecule has 1 amide bonds. The summed E-state index contributed by atoms with van der Waals surface area (Å²) in [5.41, 5.74) is 10.6. The number of rotatable bonds is 3. The van der Waals surface area contributed by atoms with E-state index >= 15 is 0 Å². The molecule has 0 saturated heterocycles. The molecule has 0 aliphatic rings. The van der Waals surface area contributed by atoms with E-state index in [2.05, 4.69) is 4.98 Å². The molecule has 4 N–H and O–H groups in total. The van der Waals surface area contributed by atoms with E-state index in [4.69, 9.17) is 11.5 Å². The van der Waals surface area contributed by atoms with Crippen LogP contribution in [0.4, 0.5) is 14.5 Å². The first kappa shape index (κ1) is 13.3. The lowest BCUT2D eigenvalue weighted by molar-refractivity contribution is 0.0997. The van der Waals surface area contributed by atoms with Crippen molar-refractivity contribution in [2.24, 2.45) is 5.73 Å². The first-order chi connectivity index (χ1) is 8.99. The quantitative estimate of drug-likeness (QED) is 0.845. The van der Waals surface area contributed by atoms with Crippen LogP contribution in [0.15, 0.2) is 40.4 Å². The highest BCUT2D eigenvalue weighted by atomic mass is 32.2. The summed E-state index contributed by atoms with van der Waals surface area (Å²) in [7, 11) is 0. The zero-order valence-corrected chi connectivity index (χ0v) is 10.4. The van der Waals surface area contributed by atoms with Gasteiger partial charge in [0.25, 0.3) is 5.91 Å². The standard InChI is InChI=1S/C12H9F2N3OS/c13-8-4-6(15)5-9(14)10(8)19-12-7(11(16)18)2-1-3-17-12/h1-5H,15H2,(H2,16,18). The molecule has 0 bridgehead atoms. The van der Waals surface area contributed by atoms with E-state index in [-0.39, 0.29) is 21.2 Å². The zero-order chi connectivity index (χ0) is 14.0. The summed E-state index contributed by atoms with van der Waals surface area (Å²) in [6, 6.07) is 4.95. The fourth-order valence-corrected chi connectivity index (χ4v) is 2.33.